The summed E-state index contributed by atoms with van der Waals surface area (Å²) in [5.41, 5.74) is 6.12. The predicted octanol–water partition coefficient (Wildman–Crippen LogP) is 2.24. The molecule has 0 radical (unpaired) electrons. The van der Waals surface area contributed by atoms with Crippen LogP contribution in [0, 0.1) is 0 Å². The van der Waals surface area contributed by atoms with Gasteiger partial charge in [0.25, 0.3) is 0 Å². The molecule has 3 N–H and O–H groups in total. The number of aromatic nitrogens is 1. The normalized spacial score (nSPS) is 11.1. The summed E-state index contributed by atoms with van der Waals surface area (Å²) in [5.74, 6) is -0.643. The first kappa shape index (κ1) is 14.9. The average molecular weight is 306 g/mol. The first-order chi connectivity index (χ1) is 10.0. The third-order valence-corrected chi connectivity index (χ3v) is 2.84. The smallest absolute Gasteiger partial charge is 0.326 e. The number of benzene rings is 1. The van der Waals surface area contributed by atoms with E-state index in [1.807, 2.05) is 0 Å². The van der Waals surface area contributed by atoms with Crippen molar-refractivity contribution in [1.82, 2.24) is 4.57 Å². The lowest BCUT2D eigenvalue weighted by molar-refractivity contribution is -0.143. The second kappa shape index (κ2) is 6.31. The van der Waals surface area contributed by atoms with Crippen molar-refractivity contribution in [3.63, 3.8) is 0 Å². The summed E-state index contributed by atoms with van der Waals surface area (Å²) in [4.78, 5) is 11.6. The lowest BCUT2D eigenvalue weighted by atomic mass is 10.2. The number of carbonyl (C=O) groups is 1. The molecule has 0 saturated carbocycles. The van der Waals surface area contributed by atoms with Gasteiger partial charge in [-0.1, -0.05) is 18.2 Å². The molecule has 0 fully saturated rings. The van der Waals surface area contributed by atoms with Gasteiger partial charge in [0.15, 0.2) is 5.69 Å². The molecule has 8 heteroatoms. The number of carbonyl (C=O) groups excluding carboxylic acids is 1. The topological polar surface area (TPSA) is 102 Å². The summed E-state index contributed by atoms with van der Waals surface area (Å²) in [7, 11) is 0. The van der Waals surface area contributed by atoms with Crippen LogP contribution in [-0.4, -0.2) is 27.4 Å². The molecular formula is C13H14N4O3S. The van der Waals surface area contributed by atoms with Crippen molar-refractivity contribution >= 4 is 39.9 Å². The summed E-state index contributed by atoms with van der Waals surface area (Å²) >= 11 is 4.63. The quantitative estimate of drug-likeness (QED) is 0.512. The summed E-state index contributed by atoms with van der Waals surface area (Å²) in [5, 5.41) is 18.2. The molecule has 0 aliphatic rings. The Balaban J connectivity index is 2.53. The molecule has 0 saturated heterocycles. The minimum atomic E-state index is -0.452. The van der Waals surface area contributed by atoms with E-state index in [1.54, 1.807) is 31.2 Å². The van der Waals surface area contributed by atoms with Gasteiger partial charge in [-0.2, -0.15) is 0 Å². The van der Waals surface area contributed by atoms with Gasteiger partial charge in [0.1, 0.15) is 6.54 Å². The molecule has 1 heterocycles. The van der Waals surface area contributed by atoms with Crippen molar-refractivity contribution in [1.29, 1.82) is 0 Å². The fourth-order valence-corrected chi connectivity index (χ4v) is 2.01. The summed E-state index contributed by atoms with van der Waals surface area (Å²) in [6.45, 7) is 1.86. The van der Waals surface area contributed by atoms with E-state index in [0.29, 0.717) is 10.9 Å². The van der Waals surface area contributed by atoms with Crippen LogP contribution in [0.1, 0.15) is 6.92 Å². The first-order valence-corrected chi connectivity index (χ1v) is 6.62. The Morgan fingerprint density at radius 2 is 2.19 bits per heavy atom. The Bertz CT molecular complexity index is 724. The molecule has 0 aliphatic heterocycles. The number of rotatable bonds is 4. The Hall–Kier alpha value is -2.48. The van der Waals surface area contributed by atoms with E-state index in [4.69, 9.17) is 10.5 Å². The molecule has 7 nitrogen and oxygen atoms in total. The van der Waals surface area contributed by atoms with Crippen LogP contribution >= 0.6 is 12.2 Å². The van der Waals surface area contributed by atoms with Crippen LogP contribution in [0.3, 0.4) is 0 Å². The van der Waals surface area contributed by atoms with Crippen LogP contribution in [0.2, 0.25) is 0 Å². The largest absolute Gasteiger partial charge is 0.493 e. The lowest BCUT2D eigenvalue weighted by Gasteiger charge is -2.06. The number of fused-ring (bicyclic) bond motifs is 1. The van der Waals surface area contributed by atoms with E-state index in [1.165, 1.54) is 4.57 Å². The Morgan fingerprint density at radius 1 is 1.48 bits per heavy atom. The molecule has 0 aliphatic carbocycles. The van der Waals surface area contributed by atoms with Crippen LogP contribution in [0.15, 0.2) is 34.5 Å². The molecule has 0 bridgehead atoms. The van der Waals surface area contributed by atoms with Crippen LogP contribution in [0.4, 0.5) is 5.69 Å². The number of nitrogens with two attached hydrogens (primary N) is 1. The second-order valence-electron chi connectivity index (χ2n) is 4.12. The molecule has 110 valence electrons. The van der Waals surface area contributed by atoms with E-state index in [2.05, 4.69) is 22.4 Å². The standard InChI is InChI=1S/C13H14N4O3S/c1-2-20-10(18)7-17-9-6-4-3-5-8(9)11(12(17)19)15-16-13(14)21/h3-6,19H,2,7H2,1H3,(H2,14,21). The zero-order valence-electron chi connectivity index (χ0n) is 11.3. The number of para-hydroxylation sites is 1. The zero-order valence-corrected chi connectivity index (χ0v) is 12.1. The van der Waals surface area contributed by atoms with Gasteiger partial charge in [-0.3, -0.25) is 9.36 Å². The molecule has 21 heavy (non-hydrogen) atoms. The van der Waals surface area contributed by atoms with Gasteiger partial charge in [0, 0.05) is 5.39 Å². The van der Waals surface area contributed by atoms with Gasteiger partial charge >= 0.3 is 5.97 Å². The fourth-order valence-electron chi connectivity index (χ4n) is 1.97. The molecule has 0 spiro atoms. The maximum Gasteiger partial charge on any atom is 0.326 e. The molecule has 2 aromatic rings. The predicted molar refractivity (Wildman–Crippen MR) is 81.5 cm³/mol. The van der Waals surface area contributed by atoms with E-state index < -0.39 is 5.97 Å². The van der Waals surface area contributed by atoms with Crippen LogP contribution < -0.4 is 5.73 Å². The third kappa shape index (κ3) is 3.16. The molecule has 0 unspecified atom stereocenters. The number of hydrogen-bond acceptors (Lipinski definition) is 5. The highest BCUT2D eigenvalue weighted by Crippen LogP contribution is 2.38. The molecule has 0 amide bonds. The number of esters is 1. The number of azo groups is 1. The molecule has 2 rings (SSSR count). The van der Waals surface area contributed by atoms with Crippen LogP contribution in [0.25, 0.3) is 10.9 Å². The van der Waals surface area contributed by atoms with Gasteiger partial charge in [-0.15, -0.1) is 10.2 Å². The van der Waals surface area contributed by atoms with Crippen molar-refractivity contribution < 1.29 is 14.6 Å². The third-order valence-electron chi connectivity index (χ3n) is 2.76. The number of ether oxygens (including phenoxy) is 1. The molecule has 0 atom stereocenters. The summed E-state index contributed by atoms with van der Waals surface area (Å²) in [6.07, 6.45) is 0. The highest BCUT2D eigenvalue weighted by atomic mass is 32.1. The minimum absolute atomic E-state index is 0.122. The monoisotopic (exact) mass is 306 g/mol. The van der Waals surface area contributed by atoms with Gasteiger partial charge < -0.3 is 15.6 Å². The van der Waals surface area contributed by atoms with Crippen molar-refractivity contribution in [2.45, 2.75) is 13.5 Å². The Kier molecular flexibility index (Phi) is 4.49. The van der Waals surface area contributed by atoms with E-state index in [0.717, 1.165) is 0 Å². The number of aromatic hydroxyl groups is 1. The number of hydrogen-bond donors (Lipinski definition) is 2. The average Bonchev–Trinajstić information content (AvgIpc) is 2.70. The number of nitrogens with zero attached hydrogens (tertiary/aromatic N) is 3. The van der Waals surface area contributed by atoms with E-state index >= 15 is 0 Å². The molecular weight excluding hydrogens is 292 g/mol. The highest BCUT2D eigenvalue weighted by Gasteiger charge is 2.18. The van der Waals surface area contributed by atoms with Gasteiger partial charge in [0.2, 0.25) is 11.0 Å². The highest BCUT2D eigenvalue weighted by molar-refractivity contribution is 7.80. The maximum atomic E-state index is 11.6. The molecule has 1 aromatic heterocycles. The Labute approximate surface area is 126 Å². The first-order valence-electron chi connectivity index (χ1n) is 6.21. The van der Waals surface area contributed by atoms with Gasteiger partial charge in [0.05, 0.1) is 12.1 Å². The van der Waals surface area contributed by atoms with Crippen molar-refractivity contribution in [2.24, 2.45) is 16.0 Å². The summed E-state index contributed by atoms with van der Waals surface area (Å²) < 4.78 is 6.30. The van der Waals surface area contributed by atoms with E-state index in [-0.39, 0.29) is 29.8 Å². The van der Waals surface area contributed by atoms with Crippen LogP contribution in [-0.2, 0) is 16.1 Å². The van der Waals surface area contributed by atoms with Crippen molar-refractivity contribution in [3.05, 3.63) is 24.3 Å². The fraction of sp³-hybridized carbons (Fsp3) is 0.231. The minimum Gasteiger partial charge on any atom is -0.493 e. The Morgan fingerprint density at radius 3 is 2.86 bits per heavy atom. The van der Waals surface area contributed by atoms with E-state index in [9.17, 15) is 9.90 Å². The lowest BCUT2D eigenvalue weighted by Crippen LogP contribution is -2.12. The van der Waals surface area contributed by atoms with Crippen molar-refractivity contribution in [3.8, 4) is 5.88 Å². The SMILES string of the molecule is CCOC(=O)Cn1c(O)c(N=NC(N)=S)c2ccccc21. The summed E-state index contributed by atoms with van der Waals surface area (Å²) in [6, 6.07) is 7.09. The second-order valence-corrected chi connectivity index (χ2v) is 4.54. The number of thiocarbonyl (C=S) groups is 1. The van der Waals surface area contributed by atoms with Crippen LogP contribution in [0.5, 0.6) is 5.88 Å². The van der Waals surface area contributed by atoms with Crippen molar-refractivity contribution in [2.75, 3.05) is 6.61 Å². The molecule has 1 aromatic carbocycles. The van der Waals surface area contributed by atoms with Gasteiger partial charge in [-0.25, -0.2) is 0 Å². The maximum absolute atomic E-state index is 11.6. The zero-order chi connectivity index (χ0) is 15.4. The van der Waals surface area contributed by atoms with Gasteiger partial charge in [-0.05, 0) is 25.2 Å².